The number of hydrogen-bond acceptors (Lipinski definition) is 5. The van der Waals surface area contributed by atoms with E-state index in [4.69, 9.17) is 5.26 Å². The van der Waals surface area contributed by atoms with Gasteiger partial charge in [-0.15, -0.1) is 10.2 Å². The lowest BCUT2D eigenvalue weighted by atomic mass is 10.2. The predicted molar refractivity (Wildman–Crippen MR) is 80.3 cm³/mol. The van der Waals surface area contributed by atoms with E-state index in [0.29, 0.717) is 18.8 Å². The molecule has 7 heteroatoms. The summed E-state index contributed by atoms with van der Waals surface area (Å²) in [5.74, 6) is 0.365. The van der Waals surface area contributed by atoms with Crippen LogP contribution in [0.1, 0.15) is 20.3 Å². The number of nitriles is 1. The molecule has 0 N–H and O–H groups in total. The predicted octanol–water partition coefficient (Wildman–Crippen LogP) is 1.49. The fourth-order valence-electron chi connectivity index (χ4n) is 2.07. The normalized spacial score (nSPS) is 10.5. The largest absolute Gasteiger partial charge is 0.338 e. The van der Waals surface area contributed by atoms with Crippen LogP contribution < -0.4 is 0 Å². The van der Waals surface area contributed by atoms with Crippen LogP contribution in [-0.4, -0.2) is 43.6 Å². The molecular formula is C15H18N6O. The minimum atomic E-state index is -0.123. The molecule has 1 aromatic carbocycles. The second-order valence-corrected chi connectivity index (χ2v) is 5.10. The number of nitrogens with zero attached hydrogens (tertiary/aromatic N) is 6. The summed E-state index contributed by atoms with van der Waals surface area (Å²) in [5, 5.41) is 20.8. The zero-order valence-corrected chi connectivity index (χ0v) is 12.7. The maximum Gasteiger partial charge on any atom is 0.246 e. The van der Waals surface area contributed by atoms with Crippen molar-refractivity contribution in [1.82, 2.24) is 25.1 Å². The Labute approximate surface area is 129 Å². The van der Waals surface area contributed by atoms with E-state index in [9.17, 15) is 4.79 Å². The van der Waals surface area contributed by atoms with Gasteiger partial charge in [-0.1, -0.05) is 30.3 Å². The van der Waals surface area contributed by atoms with Gasteiger partial charge in [-0.2, -0.15) is 10.1 Å². The average molecular weight is 298 g/mol. The molecule has 2 rings (SSSR count). The van der Waals surface area contributed by atoms with E-state index in [-0.39, 0.29) is 18.5 Å². The van der Waals surface area contributed by atoms with Crippen LogP contribution in [0.25, 0.3) is 11.4 Å². The lowest BCUT2D eigenvalue weighted by Gasteiger charge is -2.25. The highest BCUT2D eigenvalue weighted by Crippen LogP contribution is 2.12. The van der Waals surface area contributed by atoms with Crippen LogP contribution in [0, 0.1) is 11.3 Å². The molecule has 0 radical (unpaired) electrons. The van der Waals surface area contributed by atoms with E-state index in [1.165, 1.54) is 4.80 Å². The lowest BCUT2D eigenvalue weighted by molar-refractivity contribution is -0.133. The smallest absolute Gasteiger partial charge is 0.246 e. The van der Waals surface area contributed by atoms with Crippen LogP contribution in [0.2, 0.25) is 0 Å². The highest BCUT2D eigenvalue weighted by molar-refractivity contribution is 5.76. The van der Waals surface area contributed by atoms with Crippen LogP contribution in [-0.2, 0) is 11.3 Å². The van der Waals surface area contributed by atoms with Crippen molar-refractivity contribution in [3.63, 3.8) is 0 Å². The number of amides is 1. The molecule has 0 aliphatic heterocycles. The first-order chi connectivity index (χ1) is 10.6. The first kappa shape index (κ1) is 15.6. The van der Waals surface area contributed by atoms with Crippen molar-refractivity contribution in [1.29, 1.82) is 5.26 Å². The number of tetrazole rings is 1. The summed E-state index contributed by atoms with van der Waals surface area (Å²) in [7, 11) is 0. The third-order valence-corrected chi connectivity index (χ3v) is 3.17. The average Bonchev–Trinajstić information content (AvgIpc) is 2.96. The second kappa shape index (κ2) is 7.31. The Morgan fingerprint density at radius 1 is 1.36 bits per heavy atom. The van der Waals surface area contributed by atoms with Gasteiger partial charge in [0.15, 0.2) is 0 Å². The standard InChI is InChI=1S/C15H18N6O/c1-12(2)20(10-6-9-16)14(22)11-21-18-15(17-19-21)13-7-4-3-5-8-13/h3-5,7-8,12H,6,10-11H2,1-2H3. The van der Waals surface area contributed by atoms with Gasteiger partial charge in [0, 0.05) is 18.2 Å². The maximum atomic E-state index is 12.3. The Hall–Kier alpha value is -2.75. The van der Waals surface area contributed by atoms with Gasteiger partial charge >= 0.3 is 0 Å². The van der Waals surface area contributed by atoms with Gasteiger partial charge in [0.2, 0.25) is 11.7 Å². The summed E-state index contributed by atoms with van der Waals surface area (Å²) in [6.07, 6.45) is 0.309. The Morgan fingerprint density at radius 3 is 2.73 bits per heavy atom. The molecule has 0 saturated carbocycles. The summed E-state index contributed by atoms with van der Waals surface area (Å²) < 4.78 is 0. The zero-order valence-electron chi connectivity index (χ0n) is 12.7. The fraction of sp³-hybridized carbons (Fsp3) is 0.400. The van der Waals surface area contributed by atoms with Crippen molar-refractivity contribution in [3.8, 4) is 17.5 Å². The quantitative estimate of drug-likeness (QED) is 0.806. The van der Waals surface area contributed by atoms with Crippen molar-refractivity contribution in [2.75, 3.05) is 6.54 Å². The molecule has 7 nitrogen and oxygen atoms in total. The van der Waals surface area contributed by atoms with Crippen molar-refractivity contribution < 1.29 is 4.79 Å². The summed E-state index contributed by atoms with van der Waals surface area (Å²) in [6.45, 7) is 4.26. The van der Waals surface area contributed by atoms with Gasteiger partial charge in [-0.3, -0.25) is 4.79 Å². The molecule has 0 unspecified atom stereocenters. The van der Waals surface area contributed by atoms with Crippen molar-refractivity contribution >= 4 is 5.91 Å². The number of benzene rings is 1. The van der Waals surface area contributed by atoms with Gasteiger partial charge in [0.05, 0.1) is 12.5 Å². The third kappa shape index (κ3) is 3.88. The van der Waals surface area contributed by atoms with Gasteiger partial charge in [-0.05, 0) is 19.1 Å². The Kier molecular flexibility index (Phi) is 5.20. The Morgan fingerprint density at radius 2 is 2.09 bits per heavy atom. The molecule has 0 aliphatic carbocycles. The maximum absolute atomic E-state index is 12.3. The fourth-order valence-corrected chi connectivity index (χ4v) is 2.07. The van der Waals surface area contributed by atoms with Gasteiger partial charge in [-0.25, -0.2) is 0 Å². The second-order valence-electron chi connectivity index (χ2n) is 5.10. The van der Waals surface area contributed by atoms with E-state index < -0.39 is 0 Å². The molecule has 0 saturated heterocycles. The minimum Gasteiger partial charge on any atom is -0.338 e. The Bertz CT molecular complexity index is 658. The van der Waals surface area contributed by atoms with Crippen LogP contribution in [0.4, 0.5) is 0 Å². The molecular weight excluding hydrogens is 280 g/mol. The molecule has 0 spiro atoms. The summed E-state index contributed by atoms with van der Waals surface area (Å²) in [6, 6.07) is 11.5. The molecule has 1 heterocycles. The van der Waals surface area contributed by atoms with Gasteiger partial charge in [0.1, 0.15) is 6.54 Å². The number of rotatable bonds is 6. The Balaban J connectivity index is 2.06. The lowest BCUT2D eigenvalue weighted by Crippen LogP contribution is -2.40. The number of carbonyl (C=O) groups excluding carboxylic acids is 1. The highest BCUT2D eigenvalue weighted by Gasteiger charge is 2.18. The molecule has 0 fully saturated rings. The van der Waals surface area contributed by atoms with E-state index in [0.717, 1.165) is 5.56 Å². The first-order valence-corrected chi connectivity index (χ1v) is 7.11. The van der Waals surface area contributed by atoms with Crippen molar-refractivity contribution in [3.05, 3.63) is 30.3 Å². The van der Waals surface area contributed by atoms with Gasteiger partial charge < -0.3 is 4.90 Å². The number of hydrogen-bond donors (Lipinski definition) is 0. The van der Waals surface area contributed by atoms with Crippen LogP contribution >= 0.6 is 0 Å². The van der Waals surface area contributed by atoms with E-state index in [1.54, 1.807) is 4.90 Å². The van der Waals surface area contributed by atoms with E-state index in [1.807, 2.05) is 44.2 Å². The van der Waals surface area contributed by atoms with E-state index >= 15 is 0 Å². The minimum absolute atomic E-state index is 0.0173. The molecule has 22 heavy (non-hydrogen) atoms. The third-order valence-electron chi connectivity index (χ3n) is 3.17. The molecule has 114 valence electrons. The molecule has 0 bridgehead atoms. The van der Waals surface area contributed by atoms with Crippen molar-refractivity contribution in [2.45, 2.75) is 32.9 Å². The van der Waals surface area contributed by atoms with Crippen molar-refractivity contribution in [2.24, 2.45) is 0 Å². The topological polar surface area (TPSA) is 87.7 Å². The highest BCUT2D eigenvalue weighted by atomic mass is 16.2. The van der Waals surface area contributed by atoms with Gasteiger partial charge in [0.25, 0.3) is 0 Å². The summed E-state index contributed by atoms with van der Waals surface area (Å²) >= 11 is 0. The molecule has 0 atom stereocenters. The van der Waals surface area contributed by atoms with Crippen LogP contribution in [0.3, 0.4) is 0 Å². The summed E-state index contributed by atoms with van der Waals surface area (Å²) in [5.41, 5.74) is 0.853. The SMILES string of the molecule is CC(C)N(CCC#N)C(=O)Cn1nnc(-c2ccccc2)n1. The number of aromatic nitrogens is 4. The molecule has 1 aromatic heterocycles. The first-order valence-electron chi connectivity index (χ1n) is 7.11. The monoisotopic (exact) mass is 298 g/mol. The van der Waals surface area contributed by atoms with Crippen LogP contribution in [0.5, 0.6) is 0 Å². The summed E-state index contributed by atoms with van der Waals surface area (Å²) in [4.78, 5) is 15.2. The number of carbonyl (C=O) groups is 1. The molecule has 2 aromatic rings. The van der Waals surface area contributed by atoms with E-state index in [2.05, 4.69) is 21.5 Å². The van der Waals surface area contributed by atoms with Crippen LogP contribution in [0.15, 0.2) is 30.3 Å². The zero-order chi connectivity index (χ0) is 15.9. The molecule has 0 aliphatic rings. The molecule has 1 amide bonds.